The number of nitrogens with zero attached hydrogens (tertiary/aromatic N) is 2. The molecule has 0 saturated heterocycles. The van der Waals surface area contributed by atoms with Gasteiger partial charge in [0.15, 0.2) is 5.13 Å². The Morgan fingerprint density at radius 1 is 1.38 bits per heavy atom. The Hall–Kier alpha value is -0.610. The fraction of sp³-hybridized carbons (Fsp3) is 0.750. The molecule has 1 N–H and O–H groups in total. The SMILES string of the molecule is CCc1nc(N(CC)CC(C)C)sc1CO. The molecule has 0 fully saturated rings. The third-order valence-electron chi connectivity index (χ3n) is 2.48. The summed E-state index contributed by atoms with van der Waals surface area (Å²) in [5, 5.41) is 10.3. The second-order valence-electron chi connectivity index (χ2n) is 4.31. The second-order valence-corrected chi connectivity index (χ2v) is 5.37. The lowest BCUT2D eigenvalue weighted by atomic mass is 10.2. The van der Waals surface area contributed by atoms with E-state index in [1.165, 1.54) is 0 Å². The number of anilines is 1. The van der Waals surface area contributed by atoms with E-state index in [4.69, 9.17) is 0 Å². The van der Waals surface area contributed by atoms with E-state index >= 15 is 0 Å². The molecule has 0 aromatic carbocycles. The van der Waals surface area contributed by atoms with Crippen molar-refractivity contribution in [1.29, 1.82) is 0 Å². The largest absolute Gasteiger partial charge is 0.391 e. The Balaban J connectivity index is 2.88. The van der Waals surface area contributed by atoms with Gasteiger partial charge in [-0.3, -0.25) is 0 Å². The summed E-state index contributed by atoms with van der Waals surface area (Å²) in [7, 11) is 0. The lowest BCUT2D eigenvalue weighted by molar-refractivity contribution is 0.284. The van der Waals surface area contributed by atoms with E-state index < -0.39 is 0 Å². The van der Waals surface area contributed by atoms with Crippen molar-refractivity contribution in [3.05, 3.63) is 10.6 Å². The Bertz CT molecular complexity index is 301. The fourth-order valence-corrected chi connectivity index (χ4v) is 2.77. The highest BCUT2D eigenvalue weighted by Gasteiger charge is 2.14. The molecule has 0 unspecified atom stereocenters. The minimum atomic E-state index is 0.111. The average molecular weight is 242 g/mol. The number of hydrogen-bond donors (Lipinski definition) is 1. The van der Waals surface area contributed by atoms with E-state index in [-0.39, 0.29) is 6.61 Å². The van der Waals surface area contributed by atoms with Crippen LogP contribution in [0.5, 0.6) is 0 Å². The summed E-state index contributed by atoms with van der Waals surface area (Å²) in [6.45, 7) is 10.8. The van der Waals surface area contributed by atoms with Crippen LogP contribution in [0.25, 0.3) is 0 Å². The van der Waals surface area contributed by atoms with Gasteiger partial charge >= 0.3 is 0 Å². The summed E-state index contributed by atoms with van der Waals surface area (Å²) < 4.78 is 0. The van der Waals surface area contributed by atoms with Crippen LogP contribution in [-0.2, 0) is 13.0 Å². The van der Waals surface area contributed by atoms with E-state index in [1.54, 1.807) is 11.3 Å². The van der Waals surface area contributed by atoms with Crippen LogP contribution in [0.15, 0.2) is 0 Å². The lowest BCUT2D eigenvalue weighted by Crippen LogP contribution is -2.27. The molecule has 0 amide bonds. The molecular formula is C12H22N2OS. The highest BCUT2D eigenvalue weighted by Crippen LogP contribution is 2.27. The third-order valence-corrected chi connectivity index (χ3v) is 3.63. The van der Waals surface area contributed by atoms with Gasteiger partial charge in [-0.2, -0.15) is 0 Å². The van der Waals surface area contributed by atoms with Crippen molar-refractivity contribution in [1.82, 2.24) is 4.98 Å². The number of aliphatic hydroxyl groups is 1. The summed E-state index contributed by atoms with van der Waals surface area (Å²) in [6.07, 6.45) is 0.894. The van der Waals surface area contributed by atoms with Crippen LogP contribution in [0.3, 0.4) is 0 Å². The first kappa shape index (κ1) is 13.5. The van der Waals surface area contributed by atoms with Crippen molar-refractivity contribution in [3.8, 4) is 0 Å². The third kappa shape index (κ3) is 3.19. The van der Waals surface area contributed by atoms with E-state index in [9.17, 15) is 5.11 Å². The van der Waals surface area contributed by atoms with Crippen LogP contribution in [0.1, 0.15) is 38.3 Å². The van der Waals surface area contributed by atoms with Crippen molar-refractivity contribution >= 4 is 16.5 Å². The van der Waals surface area contributed by atoms with Crippen molar-refractivity contribution in [2.75, 3.05) is 18.0 Å². The minimum absolute atomic E-state index is 0.111. The monoisotopic (exact) mass is 242 g/mol. The molecule has 0 atom stereocenters. The molecule has 1 heterocycles. The first-order valence-corrected chi connectivity index (χ1v) is 6.78. The smallest absolute Gasteiger partial charge is 0.185 e. The van der Waals surface area contributed by atoms with Gasteiger partial charge in [0.1, 0.15) is 0 Å². The fourth-order valence-electron chi connectivity index (χ4n) is 1.69. The van der Waals surface area contributed by atoms with Gasteiger partial charge in [-0.1, -0.05) is 32.1 Å². The highest BCUT2D eigenvalue weighted by molar-refractivity contribution is 7.15. The highest BCUT2D eigenvalue weighted by atomic mass is 32.1. The zero-order valence-corrected chi connectivity index (χ0v) is 11.5. The average Bonchev–Trinajstić information content (AvgIpc) is 2.68. The van der Waals surface area contributed by atoms with Crippen LogP contribution >= 0.6 is 11.3 Å². The first-order valence-electron chi connectivity index (χ1n) is 5.96. The molecule has 0 radical (unpaired) electrons. The number of aromatic nitrogens is 1. The topological polar surface area (TPSA) is 36.4 Å². The Morgan fingerprint density at radius 3 is 2.44 bits per heavy atom. The van der Waals surface area contributed by atoms with Gasteiger partial charge in [-0.25, -0.2) is 4.98 Å². The second kappa shape index (κ2) is 6.21. The zero-order valence-electron chi connectivity index (χ0n) is 10.7. The number of aliphatic hydroxyl groups excluding tert-OH is 1. The maximum Gasteiger partial charge on any atom is 0.185 e. The van der Waals surface area contributed by atoms with Crippen molar-refractivity contribution in [3.63, 3.8) is 0 Å². The predicted octanol–water partition coefficient (Wildman–Crippen LogP) is 2.68. The van der Waals surface area contributed by atoms with Gasteiger partial charge in [0.05, 0.1) is 17.2 Å². The van der Waals surface area contributed by atoms with E-state index in [2.05, 4.69) is 37.6 Å². The Kier molecular flexibility index (Phi) is 5.22. The summed E-state index contributed by atoms with van der Waals surface area (Å²) in [4.78, 5) is 7.91. The molecule has 0 aliphatic rings. The Morgan fingerprint density at radius 2 is 2.06 bits per heavy atom. The number of aryl methyl sites for hydroxylation is 1. The lowest BCUT2D eigenvalue weighted by Gasteiger charge is -2.21. The molecule has 0 spiro atoms. The number of thiazole rings is 1. The van der Waals surface area contributed by atoms with E-state index in [0.717, 1.165) is 35.2 Å². The predicted molar refractivity (Wildman–Crippen MR) is 70.1 cm³/mol. The molecule has 1 aromatic heterocycles. The molecule has 0 aliphatic carbocycles. The van der Waals surface area contributed by atoms with Crippen LogP contribution in [0.4, 0.5) is 5.13 Å². The number of hydrogen-bond acceptors (Lipinski definition) is 4. The van der Waals surface area contributed by atoms with E-state index in [0.29, 0.717) is 5.92 Å². The maximum atomic E-state index is 9.25. The maximum absolute atomic E-state index is 9.25. The van der Waals surface area contributed by atoms with Gasteiger partial charge in [0, 0.05) is 13.1 Å². The molecule has 0 saturated carbocycles. The van der Waals surface area contributed by atoms with Gasteiger partial charge in [0.2, 0.25) is 0 Å². The molecule has 3 nitrogen and oxygen atoms in total. The summed E-state index contributed by atoms with van der Waals surface area (Å²) in [5.74, 6) is 0.631. The standard InChI is InChI=1S/C12H22N2OS/c1-5-10-11(8-15)16-12(13-10)14(6-2)7-9(3)4/h9,15H,5-8H2,1-4H3. The summed E-state index contributed by atoms with van der Waals surface area (Å²) in [5.41, 5.74) is 1.05. The normalized spacial score (nSPS) is 11.1. The zero-order chi connectivity index (χ0) is 12.1. The molecule has 92 valence electrons. The molecule has 16 heavy (non-hydrogen) atoms. The van der Waals surface area contributed by atoms with Gasteiger partial charge in [0.25, 0.3) is 0 Å². The Labute approximate surface area is 102 Å². The molecule has 4 heteroatoms. The van der Waals surface area contributed by atoms with Gasteiger partial charge in [-0.05, 0) is 19.3 Å². The molecular weight excluding hydrogens is 220 g/mol. The summed E-state index contributed by atoms with van der Waals surface area (Å²) in [6, 6.07) is 0. The quantitative estimate of drug-likeness (QED) is 0.833. The van der Waals surface area contributed by atoms with Crippen LogP contribution < -0.4 is 4.90 Å². The van der Waals surface area contributed by atoms with E-state index in [1.807, 2.05) is 0 Å². The van der Waals surface area contributed by atoms with Crippen molar-refractivity contribution < 1.29 is 5.11 Å². The van der Waals surface area contributed by atoms with Gasteiger partial charge in [-0.15, -0.1) is 0 Å². The summed E-state index contributed by atoms with van der Waals surface area (Å²) >= 11 is 1.62. The van der Waals surface area contributed by atoms with Crippen molar-refractivity contribution in [2.24, 2.45) is 5.92 Å². The first-order chi connectivity index (χ1) is 7.62. The van der Waals surface area contributed by atoms with Crippen LogP contribution in [0, 0.1) is 5.92 Å². The molecule has 0 bridgehead atoms. The molecule has 1 aromatic rings. The molecule has 0 aliphatic heterocycles. The number of rotatable bonds is 6. The minimum Gasteiger partial charge on any atom is -0.391 e. The van der Waals surface area contributed by atoms with Crippen molar-refractivity contribution in [2.45, 2.75) is 40.7 Å². The molecule has 1 rings (SSSR count). The van der Waals surface area contributed by atoms with Crippen LogP contribution in [0.2, 0.25) is 0 Å². The van der Waals surface area contributed by atoms with Crippen LogP contribution in [-0.4, -0.2) is 23.2 Å². The van der Waals surface area contributed by atoms with Gasteiger partial charge < -0.3 is 10.0 Å².